The molecule has 3 rings (SSSR count). The van der Waals surface area contributed by atoms with E-state index in [9.17, 15) is 14.7 Å². The monoisotopic (exact) mass is 432 g/mol. The second kappa shape index (κ2) is 8.59. The zero-order chi connectivity index (χ0) is 21.1. The van der Waals surface area contributed by atoms with Gasteiger partial charge in [0.15, 0.2) is 0 Å². The van der Waals surface area contributed by atoms with Gasteiger partial charge in [0.25, 0.3) is 11.5 Å². The third-order valence-corrected chi connectivity index (χ3v) is 5.15. The van der Waals surface area contributed by atoms with Crippen molar-refractivity contribution in [1.29, 1.82) is 0 Å². The van der Waals surface area contributed by atoms with Gasteiger partial charge < -0.3 is 19.7 Å². The maximum absolute atomic E-state index is 13.0. The van der Waals surface area contributed by atoms with E-state index in [1.807, 2.05) is 18.2 Å². The van der Waals surface area contributed by atoms with E-state index >= 15 is 0 Å². The summed E-state index contributed by atoms with van der Waals surface area (Å²) in [7, 11) is 1.54. The first-order valence-electron chi connectivity index (χ1n) is 8.63. The van der Waals surface area contributed by atoms with E-state index in [4.69, 9.17) is 27.9 Å². The Bertz CT molecular complexity index is 1140. The first kappa shape index (κ1) is 20.8. The van der Waals surface area contributed by atoms with Crippen LogP contribution in [0.1, 0.15) is 21.6 Å². The fourth-order valence-corrected chi connectivity index (χ4v) is 3.23. The summed E-state index contributed by atoms with van der Waals surface area (Å²) >= 11 is 11.8. The van der Waals surface area contributed by atoms with E-state index in [2.05, 4.69) is 5.32 Å². The van der Waals surface area contributed by atoms with Crippen molar-refractivity contribution in [3.8, 4) is 11.5 Å². The third-order valence-electron chi connectivity index (χ3n) is 4.41. The van der Waals surface area contributed by atoms with E-state index in [-0.39, 0.29) is 17.1 Å². The number of halogens is 2. The molecule has 0 aliphatic rings. The summed E-state index contributed by atoms with van der Waals surface area (Å²) in [6.07, 6.45) is 0. The molecule has 150 valence electrons. The number of benzene rings is 2. The van der Waals surface area contributed by atoms with Crippen LogP contribution in [0.2, 0.25) is 10.0 Å². The lowest BCUT2D eigenvalue weighted by Crippen LogP contribution is -2.31. The molecular weight excluding hydrogens is 415 g/mol. The van der Waals surface area contributed by atoms with Gasteiger partial charge in [0.1, 0.15) is 17.1 Å². The second-order valence-corrected chi connectivity index (χ2v) is 7.15. The molecule has 0 spiro atoms. The molecule has 0 radical (unpaired) electrons. The zero-order valence-corrected chi connectivity index (χ0v) is 17.2. The molecule has 0 saturated carbocycles. The van der Waals surface area contributed by atoms with Gasteiger partial charge in [0.05, 0.1) is 23.7 Å². The van der Waals surface area contributed by atoms with E-state index < -0.39 is 17.2 Å². The largest absolute Gasteiger partial charge is 0.507 e. The van der Waals surface area contributed by atoms with Crippen molar-refractivity contribution in [1.82, 2.24) is 4.57 Å². The Labute approximate surface area is 177 Å². The van der Waals surface area contributed by atoms with Crippen molar-refractivity contribution in [2.45, 2.75) is 13.5 Å². The summed E-state index contributed by atoms with van der Waals surface area (Å²) in [5, 5.41) is 13.4. The van der Waals surface area contributed by atoms with Crippen LogP contribution in [0.25, 0.3) is 0 Å². The number of aromatic nitrogens is 1. The standard InChI is InChI=1S/C21H18Cl2N2O4/c1-12-9-17(26)19(20(27)24-14-7-8-15(22)16(23)10-14)21(28)25(12)11-13-5-3-4-6-18(13)29-2/h3-10,26H,11H2,1-2H3,(H,24,27). The molecule has 0 bridgehead atoms. The van der Waals surface area contributed by atoms with Crippen LogP contribution >= 0.6 is 23.2 Å². The van der Waals surface area contributed by atoms with Gasteiger partial charge in [0, 0.05) is 23.0 Å². The molecule has 29 heavy (non-hydrogen) atoms. The Hall–Kier alpha value is -2.96. The van der Waals surface area contributed by atoms with E-state index in [1.54, 1.807) is 26.2 Å². The molecule has 1 heterocycles. The number of methoxy groups -OCH3 is 1. The summed E-state index contributed by atoms with van der Waals surface area (Å²) in [4.78, 5) is 25.7. The minimum Gasteiger partial charge on any atom is -0.507 e. The minimum absolute atomic E-state index is 0.183. The average molecular weight is 433 g/mol. The van der Waals surface area contributed by atoms with Gasteiger partial charge in [-0.05, 0) is 31.2 Å². The fourth-order valence-electron chi connectivity index (χ4n) is 2.93. The van der Waals surface area contributed by atoms with Crippen molar-refractivity contribution in [3.63, 3.8) is 0 Å². The van der Waals surface area contributed by atoms with Crippen LogP contribution in [0.3, 0.4) is 0 Å². The number of amides is 1. The van der Waals surface area contributed by atoms with Crippen LogP contribution in [0, 0.1) is 6.92 Å². The number of nitrogens with one attached hydrogen (secondary N) is 1. The average Bonchev–Trinajstić information content (AvgIpc) is 2.68. The van der Waals surface area contributed by atoms with Gasteiger partial charge in [0.2, 0.25) is 0 Å². The maximum Gasteiger partial charge on any atom is 0.267 e. The summed E-state index contributed by atoms with van der Waals surface area (Å²) < 4.78 is 6.74. The zero-order valence-electron chi connectivity index (χ0n) is 15.7. The molecule has 6 nitrogen and oxygen atoms in total. The Morgan fingerprint density at radius 2 is 1.86 bits per heavy atom. The summed E-state index contributed by atoms with van der Waals surface area (Å²) in [5.41, 5.74) is 0.633. The highest BCUT2D eigenvalue weighted by Gasteiger charge is 2.21. The Morgan fingerprint density at radius 1 is 1.14 bits per heavy atom. The van der Waals surface area contributed by atoms with Gasteiger partial charge in [-0.1, -0.05) is 41.4 Å². The van der Waals surface area contributed by atoms with Crippen molar-refractivity contribution >= 4 is 34.8 Å². The van der Waals surface area contributed by atoms with E-state index in [0.29, 0.717) is 22.2 Å². The predicted octanol–water partition coefficient (Wildman–Crippen LogP) is 4.48. The molecule has 0 saturated heterocycles. The highest BCUT2D eigenvalue weighted by molar-refractivity contribution is 6.42. The smallest absolute Gasteiger partial charge is 0.267 e. The molecule has 1 aromatic heterocycles. The molecule has 0 fully saturated rings. The molecule has 0 atom stereocenters. The fraction of sp³-hybridized carbons (Fsp3) is 0.143. The van der Waals surface area contributed by atoms with Crippen LogP contribution in [-0.2, 0) is 6.54 Å². The number of para-hydroxylation sites is 1. The number of nitrogens with zero attached hydrogens (tertiary/aromatic N) is 1. The Kier molecular flexibility index (Phi) is 6.15. The summed E-state index contributed by atoms with van der Waals surface area (Å²) in [6.45, 7) is 1.86. The second-order valence-electron chi connectivity index (χ2n) is 6.33. The third kappa shape index (κ3) is 4.39. The Morgan fingerprint density at radius 3 is 2.55 bits per heavy atom. The normalized spacial score (nSPS) is 10.6. The molecule has 0 unspecified atom stereocenters. The SMILES string of the molecule is COc1ccccc1Cn1c(C)cc(O)c(C(=O)Nc2ccc(Cl)c(Cl)c2)c1=O. The first-order valence-corrected chi connectivity index (χ1v) is 9.39. The van der Waals surface area contributed by atoms with Crippen molar-refractivity contribution in [3.05, 3.63) is 85.8 Å². The lowest BCUT2D eigenvalue weighted by atomic mass is 10.1. The molecule has 1 amide bonds. The number of hydrogen-bond donors (Lipinski definition) is 2. The van der Waals surface area contributed by atoms with Gasteiger partial charge >= 0.3 is 0 Å². The van der Waals surface area contributed by atoms with E-state index in [1.165, 1.54) is 22.8 Å². The van der Waals surface area contributed by atoms with E-state index in [0.717, 1.165) is 5.56 Å². The van der Waals surface area contributed by atoms with Gasteiger partial charge in [-0.15, -0.1) is 0 Å². The highest BCUT2D eigenvalue weighted by atomic mass is 35.5. The van der Waals surface area contributed by atoms with Crippen LogP contribution < -0.4 is 15.6 Å². The molecule has 0 aliphatic heterocycles. The van der Waals surface area contributed by atoms with Crippen LogP contribution in [-0.4, -0.2) is 22.7 Å². The molecule has 8 heteroatoms. The minimum atomic E-state index is -0.750. The molecular formula is C21H18Cl2N2O4. The number of aryl methyl sites for hydroxylation is 1. The predicted molar refractivity (Wildman–Crippen MR) is 114 cm³/mol. The van der Waals surface area contributed by atoms with Gasteiger partial charge in [-0.25, -0.2) is 0 Å². The maximum atomic E-state index is 13.0. The lowest BCUT2D eigenvalue weighted by Gasteiger charge is -2.15. The van der Waals surface area contributed by atoms with Crippen LogP contribution in [0.4, 0.5) is 5.69 Å². The summed E-state index contributed by atoms with van der Waals surface area (Å²) in [6, 6.07) is 13.2. The van der Waals surface area contributed by atoms with Crippen molar-refractivity contribution < 1.29 is 14.6 Å². The van der Waals surface area contributed by atoms with Crippen molar-refractivity contribution in [2.24, 2.45) is 0 Å². The lowest BCUT2D eigenvalue weighted by molar-refractivity contribution is 0.102. The highest BCUT2D eigenvalue weighted by Crippen LogP contribution is 2.26. The molecule has 2 aromatic carbocycles. The molecule has 0 aliphatic carbocycles. The quantitative estimate of drug-likeness (QED) is 0.622. The number of rotatable bonds is 5. The number of aromatic hydroxyl groups is 1. The number of anilines is 1. The number of ether oxygens (including phenoxy) is 1. The number of carbonyl (C=O) groups excluding carboxylic acids is 1. The Balaban J connectivity index is 1.99. The van der Waals surface area contributed by atoms with Crippen molar-refractivity contribution in [2.75, 3.05) is 12.4 Å². The van der Waals surface area contributed by atoms with Crippen LogP contribution in [0.15, 0.2) is 53.3 Å². The number of hydrogen-bond acceptors (Lipinski definition) is 4. The first-order chi connectivity index (χ1) is 13.8. The number of carbonyl (C=O) groups is 1. The topological polar surface area (TPSA) is 80.6 Å². The molecule has 2 N–H and O–H groups in total. The van der Waals surface area contributed by atoms with Gasteiger partial charge in [-0.3, -0.25) is 9.59 Å². The number of pyridine rings is 1. The molecule has 3 aromatic rings. The summed E-state index contributed by atoms with van der Waals surface area (Å²) in [5.74, 6) is -0.533. The van der Waals surface area contributed by atoms with Gasteiger partial charge in [-0.2, -0.15) is 0 Å². The van der Waals surface area contributed by atoms with Crippen LogP contribution in [0.5, 0.6) is 11.5 Å².